The molecule has 114 valence electrons. The third-order valence-corrected chi connectivity index (χ3v) is 4.14. The van der Waals surface area contributed by atoms with Gasteiger partial charge in [0.2, 0.25) is 0 Å². The summed E-state index contributed by atoms with van der Waals surface area (Å²) < 4.78 is 0. The summed E-state index contributed by atoms with van der Waals surface area (Å²) >= 11 is 11.8. The van der Waals surface area contributed by atoms with Crippen LogP contribution in [0.2, 0.25) is 10.0 Å². The summed E-state index contributed by atoms with van der Waals surface area (Å²) in [5, 5.41) is 9.58. The number of amides is 1. The van der Waals surface area contributed by atoms with Gasteiger partial charge in [-0.05, 0) is 24.6 Å². The van der Waals surface area contributed by atoms with Crippen molar-refractivity contribution in [2.24, 2.45) is 0 Å². The highest BCUT2D eigenvalue weighted by molar-refractivity contribution is 6.42. The summed E-state index contributed by atoms with van der Waals surface area (Å²) in [5.41, 5.74) is 0.496. The lowest BCUT2D eigenvalue weighted by Crippen LogP contribution is -2.36. The van der Waals surface area contributed by atoms with Gasteiger partial charge >= 0.3 is 5.97 Å². The maximum absolute atomic E-state index is 12.4. The van der Waals surface area contributed by atoms with Gasteiger partial charge in [0.05, 0.1) is 16.6 Å². The molecule has 1 saturated heterocycles. The molecule has 1 aliphatic heterocycles. The van der Waals surface area contributed by atoms with Crippen LogP contribution in [-0.2, 0) is 4.79 Å². The summed E-state index contributed by atoms with van der Waals surface area (Å²) in [6.45, 7) is 2.35. The number of carboxylic acids is 1. The minimum Gasteiger partial charge on any atom is -0.480 e. The van der Waals surface area contributed by atoms with E-state index in [2.05, 4.69) is 0 Å². The lowest BCUT2D eigenvalue weighted by Gasteiger charge is -2.21. The van der Waals surface area contributed by atoms with Crippen LogP contribution in [0.1, 0.15) is 16.8 Å². The molecule has 1 fully saturated rings. The highest BCUT2D eigenvalue weighted by atomic mass is 35.5. The van der Waals surface area contributed by atoms with Crippen molar-refractivity contribution in [1.82, 2.24) is 9.80 Å². The van der Waals surface area contributed by atoms with Gasteiger partial charge in [0.25, 0.3) is 5.91 Å². The zero-order valence-corrected chi connectivity index (χ0v) is 12.9. The first kappa shape index (κ1) is 16.1. The van der Waals surface area contributed by atoms with Gasteiger partial charge in [-0.3, -0.25) is 14.5 Å². The lowest BCUT2D eigenvalue weighted by molar-refractivity contribution is -0.138. The van der Waals surface area contributed by atoms with E-state index in [9.17, 15) is 9.59 Å². The number of benzene rings is 1. The van der Waals surface area contributed by atoms with Gasteiger partial charge in [0, 0.05) is 31.7 Å². The van der Waals surface area contributed by atoms with E-state index in [0.717, 1.165) is 6.42 Å². The Labute approximate surface area is 133 Å². The number of nitrogens with zero attached hydrogens (tertiary/aromatic N) is 2. The Morgan fingerprint density at radius 1 is 1.10 bits per heavy atom. The summed E-state index contributed by atoms with van der Waals surface area (Å²) in [6, 6.07) is 4.81. The van der Waals surface area contributed by atoms with Crippen LogP contribution in [0.5, 0.6) is 0 Å². The first-order chi connectivity index (χ1) is 9.97. The molecule has 1 N–H and O–H groups in total. The Morgan fingerprint density at radius 3 is 2.52 bits per heavy atom. The summed E-state index contributed by atoms with van der Waals surface area (Å²) in [5.74, 6) is -0.954. The molecule has 0 spiro atoms. The Bertz CT molecular complexity index is 551. The topological polar surface area (TPSA) is 60.9 Å². The van der Waals surface area contributed by atoms with Gasteiger partial charge < -0.3 is 10.0 Å². The molecule has 0 bridgehead atoms. The summed E-state index contributed by atoms with van der Waals surface area (Å²) in [6.07, 6.45) is 0.750. The van der Waals surface area contributed by atoms with E-state index in [1.165, 1.54) is 0 Å². The molecular weight excluding hydrogens is 315 g/mol. The first-order valence-corrected chi connectivity index (χ1v) is 7.41. The minimum atomic E-state index is -0.848. The molecule has 7 heteroatoms. The van der Waals surface area contributed by atoms with Crippen molar-refractivity contribution < 1.29 is 14.7 Å². The molecular formula is C14H16Cl2N2O3. The highest BCUT2D eigenvalue weighted by Crippen LogP contribution is 2.23. The van der Waals surface area contributed by atoms with Gasteiger partial charge in [-0.1, -0.05) is 23.2 Å². The second-order valence-electron chi connectivity index (χ2n) is 4.94. The fourth-order valence-electron chi connectivity index (χ4n) is 2.34. The molecule has 5 nitrogen and oxygen atoms in total. The number of aliphatic carboxylic acids is 1. The second kappa shape index (κ2) is 7.11. The van der Waals surface area contributed by atoms with Gasteiger partial charge in [0.15, 0.2) is 0 Å². The predicted molar refractivity (Wildman–Crippen MR) is 81.1 cm³/mol. The van der Waals surface area contributed by atoms with Gasteiger partial charge in [-0.2, -0.15) is 0 Å². The Balaban J connectivity index is 2.02. The molecule has 0 aliphatic carbocycles. The Kier molecular flexibility index (Phi) is 5.45. The molecule has 1 aliphatic rings. The number of carbonyl (C=O) groups excluding carboxylic acids is 1. The minimum absolute atomic E-state index is 0.00873. The number of halogens is 2. The number of hydrogen-bond acceptors (Lipinski definition) is 3. The first-order valence-electron chi connectivity index (χ1n) is 6.66. The van der Waals surface area contributed by atoms with E-state index >= 15 is 0 Å². The maximum Gasteiger partial charge on any atom is 0.317 e. The third-order valence-electron chi connectivity index (χ3n) is 3.40. The largest absolute Gasteiger partial charge is 0.480 e. The number of hydrogen-bond donors (Lipinski definition) is 1. The quantitative estimate of drug-likeness (QED) is 0.923. The van der Waals surface area contributed by atoms with E-state index in [1.807, 2.05) is 4.90 Å². The van der Waals surface area contributed by atoms with Crippen molar-refractivity contribution in [3.05, 3.63) is 33.8 Å². The normalized spacial score (nSPS) is 16.6. The van der Waals surface area contributed by atoms with Crippen molar-refractivity contribution in [2.75, 3.05) is 32.7 Å². The van der Waals surface area contributed by atoms with Crippen molar-refractivity contribution in [1.29, 1.82) is 0 Å². The Hall–Kier alpha value is -1.30. The van der Waals surface area contributed by atoms with E-state index in [1.54, 1.807) is 23.1 Å². The molecule has 0 saturated carbocycles. The van der Waals surface area contributed by atoms with Crippen LogP contribution < -0.4 is 0 Å². The third kappa shape index (κ3) is 4.33. The van der Waals surface area contributed by atoms with Crippen LogP contribution in [0.25, 0.3) is 0 Å². The number of carboxylic acid groups (broad SMARTS) is 1. The van der Waals surface area contributed by atoms with Crippen molar-refractivity contribution in [2.45, 2.75) is 6.42 Å². The van der Waals surface area contributed by atoms with Crippen LogP contribution in [0, 0.1) is 0 Å². The van der Waals surface area contributed by atoms with E-state index in [-0.39, 0.29) is 12.5 Å². The van der Waals surface area contributed by atoms with Gasteiger partial charge in [-0.25, -0.2) is 0 Å². The Morgan fingerprint density at radius 2 is 1.86 bits per heavy atom. The van der Waals surface area contributed by atoms with Crippen molar-refractivity contribution in [3.8, 4) is 0 Å². The molecule has 0 atom stereocenters. The maximum atomic E-state index is 12.4. The van der Waals surface area contributed by atoms with Crippen molar-refractivity contribution >= 4 is 35.1 Å². The fourth-order valence-corrected chi connectivity index (χ4v) is 2.63. The molecule has 1 aromatic rings. The zero-order valence-electron chi connectivity index (χ0n) is 11.4. The van der Waals surface area contributed by atoms with E-state index < -0.39 is 5.97 Å². The standard InChI is InChI=1S/C14H16Cl2N2O3/c15-11-3-2-10(8-12(11)16)14(21)18-5-1-4-17(6-7-18)9-13(19)20/h2-3,8H,1,4-7,9H2,(H,19,20). The average Bonchev–Trinajstić information content (AvgIpc) is 2.66. The summed E-state index contributed by atoms with van der Waals surface area (Å²) in [4.78, 5) is 26.7. The molecule has 1 amide bonds. The molecule has 2 rings (SSSR count). The fraction of sp³-hybridized carbons (Fsp3) is 0.429. The van der Waals surface area contributed by atoms with Crippen LogP contribution in [0.3, 0.4) is 0 Å². The van der Waals surface area contributed by atoms with Gasteiger partial charge in [-0.15, -0.1) is 0 Å². The molecule has 0 radical (unpaired) electrons. The van der Waals surface area contributed by atoms with Gasteiger partial charge in [0.1, 0.15) is 0 Å². The van der Waals surface area contributed by atoms with Crippen LogP contribution >= 0.6 is 23.2 Å². The van der Waals surface area contributed by atoms with Crippen molar-refractivity contribution in [3.63, 3.8) is 0 Å². The second-order valence-corrected chi connectivity index (χ2v) is 5.76. The SMILES string of the molecule is O=C(O)CN1CCCN(C(=O)c2ccc(Cl)c(Cl)c2)CC1. The van der Waals surface area contributed by atoms with Crippen LogP contribution in [-0.4, -0.2) is 59.5 Å². The van der Waals surface area contributed by atoms with Crippen LogP contribution in [0.15, 0.2) is 18.2 Å². The molecule has 0 aromatic heterocycles. The number of rotatable bonds is 3. The molecule has 0 unspecified atom stereocenters. The molecule has 1 aromatic carbocycles. The number of carbonyl (C=O) groups is 2. The smallest absolute Gasteiger partial charge is 0.317 e. The highest BCUT2D eigenvalue weighted by Gasteiger charge is 2.21. The predicted octanol–water partition coefficient (Wildman–Crippen LogP) is 2.23. The van der Waals surface area contributed by atoms with E-state index in [0.29, 0.717) is 41.8 Å². The van der Waals surface area contributed by atoms with Crippen LogP contribution in [0.4, 0.5) is 0 Å². The molecule has 21 heavy (non-hydrogen) atoms. The average molecular weight is 331 g/mol. The zero-order chi connectivity index (χ0) is 15.4. The monoisotopic (exact) mass is 330 g/mol. The summed E-state index contributed by atoms with van der Waals surface area (Å²) in [7, 11) is 0. The molecule has 1 heterocycles. The van der Waals surface area contributed by atoms with E-state index in [4.69, 9.17) is 28.3 Å². The lowest BCUT2D eigenvalue weighted by atomic mass is 10.2.